The number of hydrogen-bond donors (Lipinski definition) is 1. The van der Waals surface area contributed by atoms with Gasteiger partial charge >= 0.3 is 0 Å². The molecule has 0 fully saturated rings. The zero-order chi connectivity index (χ0) is 6.85. The smallest absolute Gasteiger partial charge is 0.0560 e. The molecule has 0 saturated carbocycles. The van der Waals surface area contributed by atoms with Crippen LogP contribution in [0.2, 0.25) is 5.02 Å². The normalized spacial score (nSPS) is 12.3. The number of thiophene rings is 1. The second kappa shape index (κ2) is 4.19. The highest BCUT2D eigenvalue weighted by Crippen LogP contribution is 2.26. The molecule has 0 aliphatic rings. The van der Waals surface area contributed by atoms with Gasteiger partial charge in [0.15, 0.2) is 0 Å². The Balaban J connectivity index is 0.000000810. The van der Waals surface area contributed by atoms with Crippen molar-refractivity contribution in [3.05, 3.63) is 21.3 Å². The molecule has 0 amide bonds. The topological polar surface area (TPSA) is 26.0 Å². The van der Waals surface area contributed by atoms with Gasteiger partial charge in [-0.25, -0.2) is 0 Å². The fourth-order valence-corrected chi connectivity index (χ4v) is 1.82. The van der Waals surface area contributed by atoms with Gasteiger partial charge < -0.3 is 5.73 Å². The summed E-state index contributed by atoms with van der Waals surface area (Å²) in [5, 5.41) is 2.73. The Hall–Kier alpha value is 0.240. The molecule has 4 heteroatoms. The Morgan fingerprint density at radius 1 is 1.70 bits per heavy atom. The molecule has 1 aromatic rings. The summed E-state index contributed by atoms with van der Waals surface area (Å²) < 4.78 is 0. The molecule has 1 aromatic heterocycles. The van der Waals surface area contributed by atoms with Crippen LogP contribution in [0.25, 0.3) is 0 Å². The third-order valence-corrected chi connectivity index (χ3v) is 2.62. The zero-order valence-electron chi connectivity index (χ0n) is 5.50. The number of hydrogen-bond acceptors (Lipinski definition) is 2. The molecular weight excluding hydrogens is 189 g/mol. The van der Waals surface area contributed by atoms with Gasteiger partial charge in [0.2, 0.25) is 0 Å². The Kier molecular flexibility index (Phi) is 4.29. The first-order valence-electron chi connectivity index (χ1n) is 2.70. The van der Waals surface area contributed by atoms with Crippen LogP contribution in [-0.2, 0) is 0 Å². The average molecular weight is 198 g/mol. The van der Waals surface area contributed by atoms with Crippen molar-refractivity contribution in [2.75, 3.05) is 0 Å². The summed E-state index contributed by atoms with van der Waals surface area (Å²) >= 11 is 7.37. The van der Waals surface area contributed by atoms with Crippen LogP contribution < -0.4 is 5.73 Å². The fourth-order valence-electron chi connectivity index (χ4n) is 0.630. The van der Waals surface area contributed by atoms with Gasteiger partial charge in [0.25, 0.3) is 0 Å². The third-order valence-electron chi connectivity index (χ3n) is 1.06. The summed E-state index contributed by atoms with van der Waals surface area (Å²) in [7, 11) is 0. The van der Waals surface area contributed by atoms with Crippen molar-refractivity contribution < 1.29 is 0 Å². The maximum Gasteiger partial charge on any atom is 0.0560 e. The van der Waals surface area contributed by atoms with Crippen LogP contribution in [0.1, 0.15) is 17.8 Å². The van der Waals surface area contributed by atoms with Gasteiger partial charge in [0.1, 0.15) is 0 Å². The lowest BCUT2D eigenvalue weighted by Crippen LogP contribution is -2.02. The molecule has 1 atom stereocenters. The highest BCUT2D eigenvalue weighted by atomic mass is 35.5. The quantitative estimate of drug-likeness (QED) is 0.737. The third kappa shape index (κ3) is 2.13. The molecule has 1 unspecified atom stereocenters. The van der Waals surface area contributed by atoms with Crippen LogP contribution in [0.3, 0.4) is 0 Å². The van der Waals surface area contributed by atoms with Crippen LogP contribution in [0.15, 0.2) is 11.4 Å². The number of rotatable bonds is 1. The van der Waals surface area contributed by atoms with E-state index < -0.39 is 0 Å². The minimum Gasteiger partial charge on any atom is -0.323 e. The molecule has 58 valence electrons. The Labute approximate surface area is 75.6 Å². The lowest BCUT2D eigenvalue weighted by molar-refractivity contribution is 0.839. The van der Waals surface area contributed by atoms with Gasteiger partial charge in [-0.05, 0) is 18.4 Å². The Morgan fingerprint density at radius 2 is 2.30 bits per heavy atom. The maximum absolute atomic E-state index is 5.77. The van der Waals surface area contributed by atoms with E-state index in [2.05, 4.69) is 0 Å². The zero-order valence-corrected chi connectivity index (χ0v) is 7.89. The van der Waals surface area contributed by atoms with E-state index >= 15 is 0 Å². The molecule has 10 heavy (non-hydrogen) atoms. The lowest BCUT2D eigenvalue weighted by atomic mass is 10.3. The van der Waals surface area contributed by atoms with Crippen LogP contribution in [0.5, 0.6) is 0 Å². The SMILES string of the molecule is CC(N)c1sccc1Cl.Cl. The Bertz CT molecular complexity index is 197. The van der Waals surface area contributed by atoms with E-state index in [1.807, 2.05) is 18.4 Å². The summed E-state index contributed by atoms with van der Waals surface area (Å²) in [6.07, 6.45) is 0. The molecular formula is C6H9Cl2NS. The second-order valence-electron chi connectivity index (χ2n) is 1.92. The Morgan fingerprint density at radius 3 is 2.50 bits per heavy atom. The summed E-state index contributed by atoms with van der Waals surface area (Å²) in [6.45, 7) is 1.93. The molecule has 0 aromatic carbocycles. The van der Waals surface area contributed by atoms with Crippen LogP contribution in [0, 0.1) is 0 Å². The van der Waals surface area contributed by atoms with Gasteiger partial charge in [0.05, 0.1) is 5.02 Å². The highest BCUT2D eigenvalue weighted by molar-refractivity contribution is 7.10. The van der Waals surface area contributed by atoms with Gasteiger partial charge in [-0.1, -0.05) is 11.6 Å². The number of halogens is 2. The largest absolute Gasteiger partial charge is 0.323 e. The number of nitrogens with two attached hydrogens (primary N) is 1. The van der Waals surface area contributed by atoms with E-state index in [0.717, 1.165) is 9.90 Å². The predicted octanol–water partition coefficient (Wildman–Crippen LogP) is 2.84. The van der Waals surface area contributed by atoms with Gasteiger partial charge in [-0.3, -0.25) is 0 Å². The fraction of sp³-hybridized carbons (Fsp3) is 0.333. The molecule has 0 aliphatic heterocycles. The lowest BCUT2D eigenvalue weighted by Gasteiger charge is -1.99. The molecule has 2 N–H and O–H groups in total. The molecule has 0 saturated heterocycles. The minimum absolute atomic E-state index is 0. The van der Waals surface area contributed by atoms with E-state index in [4.69, 9.17) is 17.3 Å². The highest BCUT2D eigenvalue weighted by Gasteiger charge is 2.04. The van der Waals surface area contributed by atoms with E-state index in [1.54, 1.807) is 11.3 Å². The van der Waals surface area contributed by atoms with Gasteiger partial charge in [0, 0.05) is 10.9 Å². The summed E-state index contributed by atoms with van der Waals surface area (Å²) in [5.41, 5.74) is 5.58. The van der Waals surface area contributed by atoms with E-state index in [9.17, 15) is 0 Å². The van der Waals surface area contributed by atoms with Crippen molar-refractivity contribution >= 4 is 35.3 Å². The van der Waals surface area contributed by atoms with Crippen molar-refractivity contribution in [3.8, 4) is 0 Å². The van der Waals surface area contributed by atoms with Crippen molar-refractivity contribution in [3.63, 3.8) is 0 Å². The summed E-state index contributed by atoms with van der Waals surface area (Å²) in [4.78, 5) is 1.07. The van der Waals surface area contributed by atoms with Crippen molar-refractivity contribution in [2.24, 2.45) is 5.73 Å². The summed E-state index contributed by atoms with van der Waals surface area (Å²) in [6, 6.07) is 1.93. The van der Waals surface area contributed by atoms with Crippen LogP contribution >= 0.6 is 35.3 Å². The maximum atomic E-state index is 5.77. The summed E-state index contributed by atoms with van der Waals surface area (Å²) in [5.74, 6) is 0. The first kappa shape index (κ1) is 10.2. The molecule has 0 aliphatic carbocycles. The van der Waals surface area contributed by atoms with E-state index in [1.165, 1.54) is 0 Å². The average Bonchev–Trinajstić information content (AvgIpc) is 2.13. The molecule has 0 spiro atoms. The van der Waals surface area contributed by atoms with Crippen molar-refractivity contribution in [1.82, 2.24) is 0 Å². The monoisotopic (exact) mass is 197 g/mol. The van der Waals surface area contributed by atoms with Crippen molar-refractivity contribution in [2.45, 2.75) is 13.0 Å². The van der Waals surface area contributed by atoms with E-state index in [0.29, 0.717) is 0 Å². The van der Waals surface area contributed by atoms with E-state index in [-0.39, 0.29) is 18.4 Å². The standard InChI is InChI=1S/C6H8ClNS.ClH/c1-4(8)6-5(7)2-3-9-6;/h2-4H,8H2,1H3;1H. The van der Waals surface area contributed by atoms with Crippen LogP contribution in [0.4, 0.5) is 0 Å². The van der Waals surface area contributed by atoms with Crippen LogP contribution in [-0.4, -0.2) is 0 Å². The first-order valence-corrected chi connectivity index (χ1v) is 3.96. The molecule has 0 bridgehead atoms. The molecule has 1 nitrogen and oxygen atoms in total. The first-order chi connectivity index (χ1) is 4.22. The van der Waals surface area contributed by atoms with Gasteiger partial charge in [-0.2, -0.15) is 0 Å². The molecule has 0 radical (unpaired) electrons. The minimum atomic E-state index is 0. The molecule has 1 heterocycles. The second-order valence-corrected chi connectivity index (χ2v) is 3.28. The van der Waals surface area contributed by atoms with Gasteiger partial charge in [-0.15, -0.1) is 23.7 Å². The molecule has 1 rings (SSSR count). The van der Waals surface area contributed by atoms with Crippen molar-refractivity contribution in [1.29, 1.82) is 0 Å². The predicted molar refractivity (Wildman–Crippen MR) is 49.2 cm³/mol.